The first-order valence-electron chi connectivity index (χ1n) is 7.30. The first-order valence-corrected chi connectivity index (χ1v) is 9.55. The van der Waals surface area contributed by atoms with Gasteiger partial charge in [-0.25, -0.2) is 0 Å². The molecular formula is C18H20Br2O. The Morgan fingerprint density at radius 1 is 0.667 bits per heavy atom. The first-order chi connectivity index (χ1) is 10.3. The van der Waals surface area contributed by atoms with Crippen molar-refractivity contribution < 1.29 is 4.74 Å². The highest BCUT2D eigenvalue weighted by Gasteiger charge is 2.07. The summed E-state index contributed by atoms with van der Waals surface area (Å²) in [6, 6.07) is 16.6. The Kier molecular flexibility index (Phi) is 7.31. The van der Waals surface area contributed by atoms with Gasteiger partial charge in [-0.2, -0.15) is 0 Å². The minimum Gasteiger partial charge on any atom is -0.457 e. The molecule has 0 aliphatic rings. The molecule has 0 aliphatic carbocycles. The number of alkyl halides is 2. The van der Waals surface area contributed by atoms with E-state index in [4.69, 9.17) is 4.74 Å². The molecule has 112 valence electrons. The van der Waals surface area contributed by atoms with Gasteiger partial charge in [0.15, 0.2) is 0 Å². The second kappa shape index (κ2) is 9.26. The van der Waals surface area contributed by atoms with Gasteiger partial charge in [-0.1, -0.05) is 68.3 Å². The van der Waals surface area contributed by atoms with Crippen molar-refractivity contribution in [3.8, 4) is 11.5 Å². The number of halogens is 2. The molecule has 2 rings (SSSR count). The minimum atomic E-state index is 0.977. The van der Waals surface area contributed by atoms with Gasteiger partial charge in [0.1, 0.15) is 11.5 Å². The van der Waals surface area contributed by atoms with Crippen molar-refractivity contribution in [2.45, 2.75) is 25.7 Å². The highest BCUT2D eigenvalue weighted by atomic mass is 79.9. The maximum absolute atomic E-state index is 6.20. The summed E-state index contributed by atoms with van der Waals surface area (Å²) in [6.45, 7) is 0. The van der Waals surface area contributed by atoms with Crippen LogP contribution in [0.2, 0.25) is 0 Å². The van der Waals surface area contributed by atoms with E-state index in [9.17, 15) is 0 Å². The minimum absolute atomic E-state index is 0.977. The maximum atomic E-state index is 6.20. The van der Waals surface area contributed by atoms with Gasteiger partial charge in [0, 0.05) is 10.7 Å². The first kappa shape index (κ1) is 16.6. The molecule has 21 heavy (non-hydrogen) atoms. The van der Waals surface area contributed by atoms with E-state index >= 15 is 0 Å². The molecule has 1 nitrogen and oxygen atoms in total. The summed E-state index contributed by atoms with van der Waals surface area (Å²) in [5.41, 5.74) is 2.54. The van der Waals surface area contributed by atoms with Gasteiger partial charge in [-0.15, -0.1) is 0 Å². The third-order valence-electron chi connectivity index (χ3n) is 3.32. The van der Waals surface area contributed by atoms with E-state index in [0.29, 0.717) is 0 Å². The lowest BCUT2D eigenvalue weighted by atomic mass is 10.1. The van der Waals surface area contributed by atoms with Gasteiger partial charge >= 0.3 is 0 Å². The smallest absolute Gasteiger partial charge is 0.130 e. The summed E-state index contributed by atoms with van der Waals surface area (Å²) in [5, 5.41) is 2.03. The quantitative estimate of drug-likeness (QED) is 0.474. The monoisotopic (exact) mass is 410 g/mol. The Hall–Kier alpha value is -0.800. The van der Waals surface area contributed by atoms with Crippen LogP contribution in [0.25, 0.3) is 0 Å². The van der Waals surface area contributed by atoms with Crippen LogP contribution in [0.3, 0.4) is 0 Å². The van der Waals surface area contributed by atoms with Gasteiger partial charge in [0.05, 0.1) is 0 Å². The fourth-order valence-corrected chi connectivity index (χ4v) is 2.81. The number of hydrogen-bond acceptors (Lipinski definition) is 1. The van der Waals surface area contributed by atoms with Gasteiger partial charge < -0.3 is 4.74 Å². The van der Waals surface area contributed by atoms with Gasteiger partial charge in [-0.05, 0) is 48.9 Å². The van der Waals surface area contributed by atoms with Gasteiger partial charge in [0.25, 0.3) is 0 Å². The molecule has 0 heterocycles. The number of benzene rings is 2. The molecule has 0 unspecified atom stereocenters. The molecule has 0 aromatic heterocycles. The van der Waals surface area contributed by atoms with Crippen LogP contribution >= 0.6 is 31.9 Å². The zero-order valence-corrected chi connectivity index (χ0v) is 15.2. The highest BCUT2D eigenvalue weighted by Crippen LogP contribution is 2.29. The van der Waals surface area contributed by atoms with E-state index in [1.165, 1.54) is 11.1 Å². The highest BCUT2D eigenvalue weighted by molar-refractivity contribution is 9.09. The van der Waals surface area contributed by atoms with Gasteiger partial charge in [-0.3, -0.25) is 0 Å². The summed E-state index contributed by atoms with van der Waals surface area (Å²) in [6.07, 6.45) is 4.30. The van der Waals surface area contributed by atoms with Crippen molar-refractivity contribution in [3.05, 3.63) is 59.7 Å². The van der Waals surface area contributed by atoms with E-state index < -0.39 is 0 Å². The number of hydrogen-bond donors (Lipinski definition) is 0. The molecule has 0 radical (unpaired) electrons. The van der Waals surface area contributed by atoms with Crippen LogP contribution in [-0.2, 0) is 12.8 Å². The summed E-state index contributed by atoms with van der Waals surface area (Å²) in [7, 11) is 0. The van der Waals surface area contributed by atoms with Crippen LogP contribution < -0.4 is 4.74 Å². The van der Waals surface area contributed by atoms with Gasteiger partial charge in [0.2, 0.25) is 0 Å². The zero-order chi connectivity index (χ0) is 14.9. The maximum Gasteiger partial charge on any atom is 0.130 e. The standard InChI is InChI=1S/C18H20Br2O/c19-13-5-9-15-7-1-3-11-17(15)21-18-12-4-2-8-16(18)10-6-14-20/h1-4,7-8,11-12H,5-6,9-10,13-14H2. The normalized spacial score (nSPS) is 10.6. The Morgan fingerprint density at radius 3 is 1.52 bits per heavy atom. The SMILES string of the molecule is BrCCCc1ccccc1Oc1ccccc1CCCBr. The average Bonchev–Trinajstić information content (AvgIpc) is 2.53. The van der Waals surface area contributed by atoms with Crippen molar-refractivity contribution >= 4 is 31.9 Å². The second-order valence-corrected chi connectivity index (χ2v) is 6.49. The lowest BCUT2D eigenvalue weighted by molar-refractivity contribution is 0.469. The molecule has 0 N–H and O–H groups in total. The van der Waals surface area contributed by atoms with Crippen molar-refractivity contribution in [1.82, 2.24) is 0 Å². The summed E-state index contributed by atoms with van der Waals surface area (Å²) in [4.78, 5) is 0. The average molecular weight is 412 g/mol. The Morgan fingerprint density at radius 2 is 1.10 bits per heavy atom. The molecule has 2 aromatic carbocycles. The largest absolute Gasteiger partial charge is 0.457 e. The fraction of sp³-hybridized carbons (Fsp3) is 0.333. The molecule has 0 atom stereocenters. The van der Waals surface area contributed by atoms with Crippen LogP contribution in [0.1, 0.15) is 24.0 Å². The second-order valence-electron chi connectivity index (χ2n) is 4.90. The fourth-order valence-electron chi connectivity index (χ4n) is 2.25. The molecule has 0 saturated heterocycles. The number of para-hydroxylation sites is 2. The predicted octanol–water partition coefficient (Wildman–Crippen LogP) is 6.13. The molecule has 0 bridgehead atoms. The predicted molar refractivity (Wildman–Crippen MR) is 97.2 cm³/mol. The lowest BCUT2D eigenvalue weighted by Crippen LogP contribution is -1.96. The Balaban J connectivity index is 2.18. The Bertz CT molecular complexity index is 505. The van der Waals surface area contributed by atoms with E-state index in [-0.39, 0.29) is 0 Å². The summed E-state index contributed by atoms with van der Waals surface area (Å²) < 4.78 is 6.20. The molecule has 3 heteroatoms. The van der Waals surface area contributed by atoms with Crippen molar-refractivity contribution in [2.75, 3.05) is 10.7 Å². The number of rotatable bonds is 8. The molecule has 0 fully saturated rings. The Labute approximate surface area is 144 Å². The topological polar surface area (TPSA) is 9.23 Å². The number of aryl methyl sites for hydroxylation is 2. The van der Waals surface area contributed by atoms with Crippen LogP contribution in [-0.4, -0.2) is 10.7 Å². The molecule has 0 amide bonds. The third-order valence-corrected chi connectivity index (χ3v) is 4.45. The third kappa shape index (κ3) is 5.15. The summed E-state index contributed by atoms with van der Waals surface area (Å²) in [5.74, 6) is 1.95. The van der Waals surface area contributed by atoms with Crippen LogP contribution in [0, 0.1) is 0 Å². The molecule has 0 saturated carbocycles. The molecular weight excluding hydrogens is 392 g/mol. The molecule has 0 spiro atoms. The van der Waals surface area contributed by atoms with E-state index in [1.54, 1.807) is 0 Å². The molecule has 0 aliphatic heterocycles. The van der Waals surface area contributed by atoms with Crippen LogP contribution in [0.5, 0.6) is 11.5 Å². The lowest BCUT2D eigenvalue weighted by Gasteiger charge is -2.14. The molecule has 2 aromatic rings. The van der Waals surface area contributed by atoms with Crippen molar-refractivity contribution in [2.24, 2.45) is 0 Å². The number of ether oxygens (including phenoxy) is 1. The van der Waals surface area contributed by atoms with Crippen LogP contribution in [0.15, 0.2) is 48.5 Å². The van der Waals surface area contributed by atoms with Crippen molar-refractivity contribution in [3.63, 3.8) is 0 Å². The van der Waals surface area contributed by atoms with E-state index in [2.05, 4.69) is 68.3 Å². The van der Waals surface area contributed by atoms with Crippen molar-refractivity contribution in [1.29, 1.82) is 0 Å². The zero-order valence-electron chi connectivity index (χ0n) is 12.0. The van der Waals surface area contributed by atoms with E-state index in [0.717, 1.165) is 47.8 Å². The summed E-state index contributed by atoms with van der Waals surface area (Å²) >= 11 is 6.99. The van der Waals surface area contributed by atoms with Crippen LogP contribution in [0.4, 0.5) is 0 Å². The van der Waals surface area contributed by atoms with E-state index in [1.807, 2.05) is 12.1 Å².